The van der Waals surface area contributed by atoms with Crippen LogP contribution in [-0.2, 0) is 17.3 Å². The second-order valence-corrected chi connectivity index (χ2v) is 8.35. The van der Waals surface area contributed by atoms with Crippen molar-refractivity contribution < 1.29 is 32.5 Å². The van der Waals surface area contributed by atoms with E-state index in [9.17, 15) is 23.1 Å². The van der Waals surface area contributed by atoms with Crippen LogP contribution >= 0.6 is 11.6 Å². The summed E-state index contributed by atoms with van der Waals surface area (Å²) in [6, 6.07) is 8.83. The van der Waals surface area contributed by atoms with E-state index in [4.69, 9.17) is 21.1 Å². The van der Waals surface area contributed by atoms with Gasteiger partial charge in [0.05, 0.1) is 18.2 Å². The van der Waals surface area contributed by atoms with E-state index in [-0.39, 0.29) is 12.4 Å². The quantitative estimate of drug-likeness (QED) is 0.535. The lowest BCUT2D eigenvalue weighted by Crippen LogP contribution is -2.41. The second kappa shape index (κ2) is 10.2. The second-order valence-electron chi connectivity index (χ2n) is 7.95. The van der Waals surface area contributed by atoms with E-state index in [1.165, 1.54) is 18.2 Å². The smallest absolute Gasteiger partial charge is 0.416 e. The number of benzene rings is 2. The number of aliphatic hydroxyl groups is 1. The number of aliphatic hydroxyl groups excluding tert-OH is 1. The van der Waals surface area contributed by atoms with Crippen molar-refractivity contribution in [2.75, 3.05) is 6.61 Å². The van der Waals surface area contributed by atoms with E-state index < -0.39 is 29.5 Å². The molecule has 1 unspecified atom stereocenters. The number of aryl methyl sites for hydroxylation is 1. The molecule has 9 heteroatoms. The van der Waals surface area contributed by atoms with Crippen LogP contribution in [0.5, 0.6) is 11.5 Å². The molecule has 0 aromatic heterocycles. The van der Waals surface area contributed by atoms with Crippen molar-refractivity contribution in [3.8, 4) is 11.5 Å². The molecule has 31 heavy (non-hydrogen) atoms. The fourth-order valence-corrected chi connectivity index (χ4v) is 2.94. The molecule has 0 spiro atoms. The molecule has 0 aliphatic rings. The highest BCUT2D eigenvalue weighted by molar-refractivity contribution is 6.31. The fourth-order valence-electron chi connectivity index (χ4n) is 2.68. The Balaban J connectivity index is 1.99. The van der Waals surface area contributed by atoms with Crippen LogP contribution in [0, 0.1) is 0 Å². The number of ether oxygens (including phenoxy) is 2. The Bertz CT molecular complexity index is 897. The van der Waals surface area contributed by atoms with Crippen molar-refractivity contribution in [2.24, 2.45) is 0 Å². The first kappa shape index (κ1) is 24.8. The topological polar surface area (TPSA) is 67.8 Å². The number of halogens is 4. The van der Waals surface area contributed by atoms with Gasteiger partial charge in [0, 0.05) is 5.02 Å². The lowest BCUT2D eigenvalue weighted by Gasteiger charge is -2.22. The molecule has 1 atom stereocenters. The van der Waals surface area contributed by atoms with Gasteiger partial charge >= 0.3 is 12.3 Å². The molecule has 0 heterocycles. The van der Waals surface area contributed by atoms with Crippen LogP contribution in [0.15, 0.2) is 42.5 Å². The fraction of sp³-hybridized carbons (Fsp3) is 0.409. The minimum atomic E-state index is -4.46. The summed E-state index contributed by atoms with van der Waals surface area (Å²) < 4.78 is 49.2. The molecular formula is C22H25ClF3NO4. The first-order valence-electron chi connectivity index (χ1n) is 9.61. The average molecular weight is 460 g/mol. The van der Waals surface area contributed by atoms with Gasteiger partial charge in [0.25, 0.3) is 0 Å². The first-order chi connectivity index (χ1) is 14.4. The van der Waals surface area contributed by atoms with Gasteiger partial charge in [-0.25, -0.2) is 4.79 Å². The summed E-state index contributed by atoms with van der Waals surface area (Å²) in [4.78, 5) is 11.9. The van der Waals surface area contributed by atoms with Gasteiger partial charge < -0.3 is 19.9 Å². The summed E-state index contributed by atoms with van der Waals surface area (Å²) in [6.07, 6.45) is -4.23. The van der Waals surface area contributed by atoms with E-state index >= 15 is 0 Å². The average Bonchev–Trinajstić information content (AvgIpc) is 2.64. The van der Waals surface area contributed by atoms with Gasteiger partial charge in [0.1, 0.15) is 17.1 Å². The number of carbonyl (C=O) groups is 1. The summed E-state index contributed by atoms with van der Waals surface area (Å²) in [5.41, 5.74) is -0.717. The van der Waals surface area contributed by atoms with Gasteiger partial charge in [-0.3, -0.25) is 0 Å². The Hall–Kier alpha value is -2.45. The standard InChI is InChI=1S/C22H25ClF3NO4/c1-21(2,3)31-20(29)27-16(13-28)9-7-14-8-10-18(12-19(14)23)30-17-6-4-5-15(11-17)22(24,25)26/h4-6,8,10-12,16,28H,7,9,13H2,1-3H3,(H,27,29). The molecule has 0 aliphatic carbocycles. The number of carbonyl (C=O) groups excluding carboxylic acids is 1. The minimum Gasteiger partial charge on any atom is -0.457 e. The van der Waals surface area contributed by atoms with Crippen molar-refractivity contribution >= 4 is 17.7 Å². The van der Waals surface area contributed by atoms with Gasteiger partial charge in [0.15, 0.2) is 0 Å². The molecule has 170 valence electrons. The Kier molecular flexibility index (Phi) is 8.20. The lowest BCUT2D eigenvalue weighted by molar-refractivity contribution is -0.137. The lowest BCUT2D eigenvalue weighted by atomic mass is 10.1. The molecule has 0 radical (unpaired) electrons. The number of rotatable bonds is 7. The SMILES string of the molecule is CC(C)(C)OC(=O)NC(CO)CCc1ccc(Oc2cccc(C(F)(F)F)c2)cc1Cl. The molecule has 2 aromatic carbocycles. The monoisotopic (exact) mass is 459 g/mol. The van der Waals surface area contributed by atoms with Gasteiger partial charge in [-0.1, -0.05) is 23.7 Å². The molecule has 0 aliphatic heterocycles. The summed E-state index contributed by atoms with van der Waals surface area (Å²) in [5, 5.41) is 12.5. The van der Waals surface area contributed by atoms with Gasteiger partial charge in [-0.2, -0.15) is 13.2 Å². The summed E-state index contributed by atoms with van der Waals surface area (Å²) >= 11 is 6.28. The Morgan fingerprint density at radius 1 is 1.13 bits per heavy atom. The predicted octanol–water partition coefficient (Wildman–Crippen LogP) is 5.97. The normalized spacial score (nSPS) is 12.9. The molecule has 2 N–H and O–H groups in total. The number of hydrogen-bond donors (Lipinski definition) is 2. The van der Waals surface area contributed by atoms with Crippen molar-refractivity contribution in [1.82, 2.24) is 5.32 Å². The highest BCUT2D eigenvalue weighted by atomic mass is 35.5. The Morgan fingerprint density at radius 2 is 1.81 bits per heavy atom. The van der Waals surface area contributed by atoms with Crippen molar-refractivity contribution in [1.29, 1.82) is 0 Å². The van der Waals surface area contributed by atoms with Crippen LogP contribution in [0.1, 0.15) is 38.3 Å². The van der Waals surface area contributed by atoms with Crippen LogP contribution in [0.2, 0.25) is 5.02 Å². The van der Waals surface area contributed by atoms with Crippen LogP contribution in [0.25, 0.3) is 0 Å². The molecule has 0 saturated carbocycles. The van der Waals surface area contributed by atoms with E-state index in [2.05, 4.69) is 5.32 Å². The maximum atomic E-state index is 12.8. The molecule has 5 nitrogen and oxygen atoms in total. The summed E-state index contributed by atoms with van der Waals surface area (Å²) in [5.74, 6) is 0.333. The summed E-state index contributed by atoms with van der Waals surface area (Å²) in [6.45, 7) is 4.95. The number of hydrogen-bond acceptors (Lipinski definition) is 4. The highest BCUT2D eigenvalue weighted by Crippen LogP contribution is 2.33. The zero-order valence-corrected chi connectivity index (χ0v) is 18.2. The van der Waals surface area contributed by atoms with Gasteiger partial charge in [-0.15, -0.1) is 0 Å². The molecule has 1 amide bonds. The van der Waals surface area contributed by atoms with Crippen LogP contribution in [0.3, 0.4) is 0 Å². The third-order valence-electron chi connectivity index (χ3n) is 4.12. The summed E-state index contributed by atoms with van der Waals surface area (Å²) in [7, 11) is 0. The van der Waals surface area contributed by atoms with Crippen molar-refractivity contribution in [2.45, 2.75) is 51.4 Å². The molecular weight excluding hydrogens is 435 g/mol. The number of alkyl halides is 3. The third-order valence-corrected chi connectivity index (χ3v) is 4.48. The van der Waals surface area contributed by atoms with Crippen molar-refractivity contribution in [3.05, 3.63) is 58.6 Å². The van der Waals surface area contributed by atoms with Gasteiger partial charge in [0.2, 0.25) is 0 Å². The number of alkyl carbamates (subject to hydrolysis) is 1. The predicted molar refractivity (Wildman–Crippen MR) is 112 cm³/mol. The highest BCUT2D eigenvalue weighted by Gasteiger charge is 2.30. The largest absolute Gasteiger partial charge is 0.457 e. The van der Waals surface area contributed by atoms with E-state index in [0.717, 1.165) is 17.7 Å². The zero-order chi connectivity index (χ0) is 23.2. The Labute approximate surface area is 184 Å². The molecule has 2 aromatic rings. The van der Waals surface area contributed by atoms with E-state index in [1.54, 1.807) is 32.9 Å². The van der Waals surface area contributed by atoms with E-state index in [1.807, 2.05) is 0 Å². The molecule has 0 fully saturated rings. The van der Waals surface area contributed by atoms with Gasteiger partial charge in [-0.05, 0) is 69.5 Å². The van der Waals surface area contributed by atoms with Crippen LogP contribution < -0.4 is 10.1 Å². The number of nitrogens with one attached hydrogen (secondary N) is 1. The van der Waals surface area contributed by atoms with Crippen LogP contribution in [0.4, 0.5) is 18.0 Å². The number of amides is 1. The molecule has 0 bridgehead atoms. The minimum absolute atomic E-state index is 0.0422. The zero-order valence-electron chi connectivity index (χ0n) is 17.4. The maximum Gasteiger partial charge on any atom is 0.416 e. The maximum absolute atomic E-state index is 12.8. The van der Waals surface area contributed by atoms with Crippen LogP contribution in [-0.4, -0.2) is 29.4 Å². The molecule has 2 rings (SSSR count). The Morgan fingerprint density at radius 3 is 2.39 bits per heavy atom. The molecule has 0 saturated heterocycles. The first-order valence-corrected chi connectivity index (χ1v) is 9.99. The third kappa shape index (κ3) is 8.30. The van der Waals surface area contributed by atoms with Crippen molar-refractivity contribution in [3.63, 3.8) is 0 Å². The van der Waals surface area contributed by atoms with E-state index in [0.29, 0.717) is 23.6 Å².